The van der Waals surface area contributed by atoms with E-state index in [0.717, 1.165) is 27.7 Å². The number of fused-ring (bicyclic) bond motifs is 3. The van der Waals surface area contributed by atoms with E-state index >= 15 is 0 Å². The second kappa shape index (κ2) is 3.57. The van der Waals surface area contributed by atoms with Crippen LogP contribution in [0.5, 0.6) is 0 Å². The fraction of sp³-hybridized carbons (Fsp3) is 0. The standard InChI is InChI=1S/C12H8N2S2/c15-12(16)9-7-3-1-5-13-10(7)11-8(9)4-2-6-14-11/h1-6,13H,(H,15,16). The lowest BCUT2D eigenvalue weighted by Gasteiger charge is -2.00. The molecule has 2 aliphatic rings. The predicted octanol–water partition coefficient (Wildman–Crippen LogP) is 3.27. The summed E-state index contributed by atoms with van der Waals surface area (Å²) < 4.78 is 0.604. The molecule has 1 aromatic heterocycles. The molecule has 1 aliphatic heterocycles. The van der Waals surface area contributed by atoms with Crippen molar-refractivity contribution >= 4 is 39.9 Å². The first-order valence-electron chi connectivity index (χ1n) is 4.86. The number of pyridine rings is 2. The molecule has 3 rings (SSSR count). The van der Waals surface area contributed by atoms with E-state index in [4.69, 9.17) is 12.2 Å². The van der Waals surface area contributed by atoms with Crippen LogP contribution < -0.4 is 0 Å². The van der Waals surface area contributed by atoms with Crippen LogP contribution in [0, 0.1) is 0 Å². The fourth-order valence-electron chi connectivity index (χ4n) is 2.02. The molecular formula is C12H8N2S2. The summed E-state index contributed by atoms with van der Waals surface area (Å²) >= 11 is 9.49. The van der Waals surface area contributed by atoms with E-state index in [1.54, 1.807) is 6.20 Å². The normalized spacial score (nSPS) is 11.1. The van der Waals surface area contributed by atoms with Crippen molar-refractivity contribution in [2.45, 2.75) is 0 Å². The molecule has 1 aromatic rings. The summed E-state index contributed by atoms with van der Waals surface area (Å²) in [6.07, 6.45) is 3.68. The van der Waals surface area contributed by atoms with E-state index in [1.807, 2.05) is 30.5 Å². The summed E-state index contributed by atoms with van der Waals surface area (Å²) in [6.45, 7) is 0. The maximum absolute atomic E-state index is 5.19. The van der Waals surface area contributed by atoms with Gasteiger partial charge in [0.05, 0.1) is 15.4 Å². The number of H-pyrrole nitrogens is 1. The van der Waals surface area contributed by atoms with Crippen LogP contribution in [0.3, 0.4) is 0 Å². The Bertz CT molecular complexity index is 657. The molecule has 78 valence electrons. The molecule has 0 aromatic carbocycles. The molecular weight excluding hydrogens is 236 g/mol. The summed E-state index contributed by atoms with van der Waals surface area (Å²) in [7, 11) is 0. The second-order valence-electron chi connectivity index (χ2n) is 3.54. The zero-order chi connectivity index (χ0) is 11.1. The quantitative estimate of drug-likeness (QED) is 0.508. The zero-order valence-corrected chi connectivity index (χ0v) is 9.98. The Morgan fingerprint density at radius 2 is 2.19 bits per heavy atom. The molecule has 0 bridgehead atoms. The number of nitrogens with zero attached hydrogens (tertiary/aromatic N) is 1. The van der Waals surface area contributed by atoms with E-state index in [9.17, 15) is 0 Å². The van der Waals surface area contributed by atoms with E-state index in [-0.39, 0.29) is 0 Å². The summed E-state index contributed by atoms with van der Waals surface area (Å²) in [5.74, 6) is 0. The Balaban J connectivity index is 2.57. The van der Waals surface area contributed by atoms with Gasteiger partial charge in [0.25, 0.3) is 0 Å². The van der Waals surface area contributed by atoms with Gasteiger partial charge in [-0.3, -0.25) is 4.98 Å². The molecule has 2 heterocycles. The molecule has 2 nitrogen and oxygen atoms in total. The molecule has 0 atom stereocenters. The molecule has 0 saturated heterocycles. The van der Waals surface area contributed by atoms with Gasteiger partial charge in [-0.2, -0.15) is 0 Å². The number of hydrogen-bond donors (Lipinski definition) is 2. The third-order valence-electron chi connectivity index (χ3n) is 2.65. The molecule has 0 spiro atoms. The van der Waals surface area contributed by atoms with Crippen LogP contribution in [-0.4, -0.2) is 14.2 Å². The third-order valence-corrected chi connectivity index (χ3v) is 3.08. The number of hydrogen-bond acceptors (Lipinski definition) is 2. The number of aromatic amines is 1. The van der Waals surface area contributed by atoms with Crippen LogP contribution in [0.15, 0.2) is 36.7 Å². The molecule has 1 N–H and O–H groups in total. The highest BCUT2D eigenvalue weighted by molar-refractivity contribution is 8.11. The van der Waals surface area contributed by atoms with Crippen molar-refractivity contribution in [2.75, 3.05) is 0 Å². The Kier molecular flexibility index (Phi) is 2.19. The van der Waals surface area contributed by atoms with Crippen molar-refractivity contribution in [3.63, 3.8) is 0 Å². The summed E-state index contributed by atoms with van der Waals surface area (Å²) in [5, 5.41) is 1.06. The Hall–Kier alpha value is -1.39. The lowest BCUT2D eigenvalue weighted by molar-refractivity contribution is 1.32. The second-order valence-corrected chi connectivity index (χ2v) is 4.70. The first kappa shape index (κ1) is 9.81. The highest BCUT2D eigenvalue weighted by atomic mass is 32.1. The number of thiol groups is 1. The van der Waals surface area contributed by atoms with Crippen molar-refractivity contribution in [1.82, 2.24) is 9.97 Å². The average Bonchev–Trinajstić information content (AvgIpc) is 2.63. The topological polar surface area (TPSA) is 28.7 Å². The summed E-state index contributed by atoms with van der Waals surface area (Å²) in [4.78, 5) is 7.60. The number of rotatable bonds is 1. The molecule has 0 unspecified atom stereocenters. The summed E-state index contributed by atoms with van der Waals surface area (Å²) in [6, 6.07) is 7.92. The maximum atomic E-state index is 5.19. The monoisotopic (exact) mass is 244 g/mol. The fourth-order valence-corrected chi connectivity index (χ4v) is 2.48. The largest absolute Gasteiger partial charge is 0.359 e. The van der Waals surface area contributed by atoms with E-state index in [0.29, 0.717) is 4.20 Å². The van der Waals surface area contributed by atoms with Crippen LogP contribution in [0.25, 0.3) is 22.2 Å². The van der Waals surface area contributed by atoms with Gasteiger partial charge in [0.1, 0.15) is 0 Å². The first-order valence-corrected chi connectivity index (χ1v) is 5.71. The minimum absolute atomic E-state index is 0.604. The van der Waals surface area contributed by atoms with Gasteiger partial charge in [-0.25, -0.2) is 0 Å². The Labute approximate surface area is 103 Å². The maximum Gasteiger partial charge on any atom is 0.0949 e. The highest BCUT2D eigenvalue weighted by Crippen LogP contribution is 2.36. The van der Waals surface area contributed by atoms with Crippen LogP contribution in [-0.2, 0) is 0 Å². The van der Waals surface area contributed by atoms with Crippen LogP contribution in [0.4, 0.5) is 0 Å². The van der Waals surface area contributed by atoms with Gasteiger partial charge in [-0.1, -0.05) is 24.4 Å². The molecule has 0 amide bonds. The van der Waals surface area contributed by atoms with Crippen molar-refractivity contribution in [1.29, 1.82) is 0 Å². The molecule has 1 aliphatic carbocycles. The Morgan fingerprint density at radius 1 is 1.31 bits per heavy atom. The van der Waals surface area contributed by atoms with Crippen LogP contribution >= 0.6 is 24.8 Å². The zero-order valence-electron chi connectivity index (χ0n) is 8.27. The molecule has 0 radical (unpaired) electrons. The van der Waals surface area contributed by atoms with E-state index < -0.39 is 0 Å². The SMILES string of the molecule is S=C(S)c1c2ccc[nH]c-2c2ncccc12. The number of nitrogens with one attached hydrogen (secondary N) is 1. The number of aromatic nitrogens is 2. The van der Waals surface area contributed by atoms with Crippen molar-refractivity contribution in [3.8, 4) is 11.3 Å². The lowest BCUT2D eigenvalue weighted by atomic mass is 10.1. The molecule has 0 saturated carbocycles. The minimum Gasteiger partial charge on any atom is -0.359 e. The van der Waals surface area contributed by atoms with Gasteiger partial charge in [-0.15, -0.1) is 12.6 Å². The van der Waals surface area contributed by atoms with Crippen molar-refractivity contribution in [2.24, 2.45) is 0 Å². The highest BCUT2D eigenvalue weighted by Gasteiger charge is 2.19. The number of thiocarbonyl (C=S) groups is 1. The van der Waals surface area contributed by atoms with Gasteiger partial charge in [0.2, 0.25) is 0 Å². The summed E-state index contributed by atoms with van der Waals surface area (Å²) in [5.41, 5.74) is 4.04. The third kappa shape index (κ3) is 1.27. The van der Waals surface area contributed by atoms with Gasteiger partial charge in [0, 0.05) is 28.9 Å². The smallest absolute Gasteiger partial charge is 0.0949 e. The molecule has 16 heavy (non-hydrogen) atoms. The van der Waals surface area contributed by atoms with Crippen LogP contribution in [0.1, 0.15) is 5.56 Å². The Morgan fingerprint density at radius 3 is 3.00 bits per heavy atom. The first-order chi connectivity index (χ1) is 7.79. The molecule has 0 fully saturated rings. The van der Waals surface area contributed by atoms with Gasteiger partial charge in [0.15, 0.2) is 0 Å². The van der Waals surface area contributed by atoms with Crippen molar-refractivity contribution < 1.29 is 0 Å². The lowest BCUT2D eigenvalue weighted by Crippen LogP contribution is -1.88. The minimum atomic E-state index is 0.604. The van der Waals surface area contributed by atoms with Gasteiger partial charge in [-0.05, 0) is 12.1 Å². The van der Waals surface area contributed by atoms with Crippen LogP contribution in [0.2, 0.25) is 0 Å². The predicted molar refractivity (Wildman–Crippen MR) is 73.4 cm³/mol. The van der Waals surface area contributed by atoms with E-state index in [2.05, 4.69) is 22.6 Å². The average molecular weight is 244 g/mol. The van der Waals surface area contributed by atoms with Gasteiger partial charge < -0.3 is 4.98 Å². The van der Waals surface area contributed by atoms with Crippen molar-refractivity contribution in [3.05, 3.63) is 42.2 Å². The molecule has 4 heteroatoms. The van der Waals surface area contributed by atoms with Gasteiger partial charge >= 0.3 is 0 Å². The van der Waals surface area contributed by atoms with E-state index in [1.165, 1.54) is 0 Å².